The zero-order chi connectivity index (χ0) is 15.6. The Labute approximate surface area is 136 Å². The highest BCUT2D eigenvalue weighted by atomic mass is 127. The molecule has 1 aliphatic rings. The zero-order valence-electron chi connectivity index (χ0n) is 11.5. The van der Waals surface area contributed by atoms with Gasteiger partial charge in [0.1, 0.15) is 17.4 Å². The van der Waals surface area contributed by atoms with Gasteiger partial charge in [-0.2, -0.15) is 5.26 Å². The number of esters is 1. The molecule has 5 nitrogen and oxygen atoms in total. The second kappa shape index (κ2) is 6.18. The first-order chi connectivity index (χ1) is 9.99. The van der Waals surface area contributed by atoms with E-state index in [1.807, 2.05) is 30.3 Å². The molecule has 0 aromatic heterocycles. The average molecular weight is 396 g/mol. The fourth-order valence-corrected chi connectivity index (χ4v) is 2.84. The molecule has 0 spiro atoms. The van der Waals surface area contributed by atoms with Crippen LogP contribution in [0.5, 0.6) is 0 Å². The molecule has 21 heavy (non-hydrogen) atoms. The van der Waals surface area contributed by atoms with Crippen molar-refractivity contribution in [1.29, 1.82) is 5.26 Å². The van der Waals surface area contributed by atoms with Gasteiger partial charge < -0.3 is 15.2 Å². The van der Waals surface area contributed by atoms with Gasteiger partial charge in [0, 0.05) is 3.57 Å². The van der Waals surface area contributed by atoms with E-state index in [1.54, 1.807) is 6.92 Å². The molecule has 1 heterocycles. The molecule has 1 aromatic rings. The van der Waals surface area contributed by atoms with Gasteiger partial charge in [-0.1, -0.05) is 12.1 Å². The minimum absolute atomic E-state index is 0.0199. The molecule has 108 valence electrons. The van der Waals surface area contributed by atoms with Gasteiger partial charge in [-0.3, -0.25) is 0 Å². The summed E-state index contributed by atoms with van der Waals surface area (Å²) >= 11 is 2.17. The van der Waals surface area contributed by atoms with Crippen LogP contribution < -0.4 is 5.73 Å². The van der Waals surface area contributed by atoms with E-state index in [2.05, 4.69) is 22.6 Å². The fourth-order valence-electron chi connectivity index (χ4n) is 2.28. The van der Waals surface area contributed by atoms with Crippen molar-refractivity contribution in [2.75, 3.05) is 7.11 Å². The van der Waals surface area contributed by atoms with Crippen molar-refractivity contribution in [3.05, 3.63) is 56.2 Å². The van der Waals surface area contributed by atoms with Crippen molar-refractivity contribution in [2.45, 2.75) is 12.8 Å². The second-order valence-corrected chi connectivity index (χ2v) is 5.69. The summed E-state index contributed by atoms with van der Waals surface area (Å²) in [5.41, 5.74) is 7.10. The lowest BCUT2D eigenvalue weighted by atomic mass is 9.83. The number of carbonyl (C=O) groups excluding carboxylic acids is 1. The van der Waals surface area contributed by atoms with Gasteiger partial charge in [-0.25, -0.2) is 4.79 Å². The quantitative estimate of drug-likeness (QED) is 0.614. The van der Waals surface area contributed by atoms with Gasteiger partial charge in [0.05, 0.1) is 18.6 Å². The summed E-state index contributed by atoms with van der Waals surface area (Å²) in [4.78, 5) is 12.1. The molecule has 0 saturated heterocycles. The first-order valence-electron chi connectivity index (χ1n) is 6.11. The van der Waals surface area contributed by atoms with E-state index in [1.165, 1.54) is 7.11 Å². The largest absolute Gasteiger partial charge is 0.466 e. The van der Waals surface area contributed by atoms with Gasteiger partial charge in [0.2, 0.25) is 5.88 Å². The van der Waals surface area contributed by atoms with E-state index in [-0.39, 0.29) is 11.5 Å². The molecule has 0 aliphatic carbocycles. The molecule has 6 heteroatoms. The molecule has 0 bridgehead atoms. The highest BCUT2D eigenvalue weighted by molar-refractivity contribution is 14.1. The third-order valence-corrected chi connectivity index (χ3v) is 3.86. The van der Waals surface area contributed by atoms with Crippen LogP contribution in [0, 0.1) is 14.9 Å². The number of hydrogen-bond donors (Lipinski definition) is 1. The van der Waals surface area contributed by atoms with Gasteiger partial charge in [0.25, 0.3) is 0 Å². The van der Waals surface area contributed by atoms with Crippen LogP contribution in [0.1, 0.15) is 18.4 Å². The van der Waals surface area contributed by atoms with Crippen molar-refractivity contribution in [3.63, 3.8) is 0 Å². The number of benzene rings is 1. The van der Waals surface area contributed by atoms with Crippen molar-refractivity contribution in [2.24, 2.45) is 5.73 Å². The molecular weight excluding hydrogens is 383 g/mol. The molecule has 0 radical (unpaired) electrons. The molecular formula is C15H13IN2O3. The lowest BCUT2D eigenvalue weighted by Gasteiger charge is -2.26. The van der Waals surface area contributed by atoms with Crippen molar-refractivity contribution in [3.8, 4) is 6.07 Å². The van der Waals surface area contributed by atoms with Crippen LogP contribution in [-0.2, 0) is 14.3 Å². The number of nitriles is 1. The number of rotatable bonds is 2. The summed E-state index contributed by atoms with van der Waals surface area (Å²) in [6.45, 7) is 1.63. The summed E-state index contributed by atoms with van der Waals surface area (Å²) in [7, 11) is 1.29. The van der Waals surface area contributed by atoms with E-state index in [0.717, 1.165) is 9.13 Å². The van der Waals surface area contributed by atoms with E-state index in [0.29, 0.717) is 11.3 Å². The maximum Gasteiger partial charge on any atom is 0.338 e. The Balaban J connectivity index is 2.66. The van der Waals surface area contributed by atoms with Crippen LogP contribution in [0.15, 0.2) is 47.1 Å². The molecule has 2 N–H and O–H groups in total. The third kappa shape index (κ3) is 2.88. The standard InChI is InChI=1S/C15H13IN2O3/c1-8-12(15(19)20-2)13(11(7-17)14(18)21-8)9-4-3-5-10(16)6-9/h3-6,13H,18H2,1-2H3/t13-/m0/s1. The van der Waals surface area contributed by atoms with Crippen molar-refractivity contribution in [1.82, 2.24) is 0 Å². The summed E-state index contributed by atoms with van der Waals surface area (Å²) in [6, 6.07) is 9.57. The number of methoxy groups -OCH3 is 1. The Morgan fingerprint density at radius 1 is 1.52 bits per heavy atom. The molecule has 1 aromatic carbocycles. The highest BCUT2D eigenvalue weighted by Crippen LogP contribution is 2.39. The summed E-state index contributed by atoms with van der Waals surface area (Å²) in [5.74, 6) is -0.740. The third-order valence-electron chi connectivity index (χ3n) is 3.19. The van der Waals surface area contributed by atoms with Crippen LogP contribution in [0.25, 0.3) is 0 Å². The van der Waals surface area contributed by atoms with Gasteiger partial charge in [-0.05, 0) is 47.2 Å². The highest BCUT2D eigenvalue weighted by Gasteiger charge is 2.35. The predicted molar refractivity (Wildman–Crippen MR) is 84.5 cm³/mol. The van der Waals surface area contributed by atoms with Crippen LogP contribution in [0.3, 0.4) is 0 Å². The number of nitrogens with two attached hydrogens (primary N) is 1. The van der Waals surface area contributed by atoms with E-state index in [4.69, 9.17) is 15.2 Å². The topological polar surface area (TPSA) is 85.3 Å². The first kappa shape index (κ1) is 15.4. The Morgan fingerprint density at radius 2 is 2.24 bits per heavy atom. The van der Waals surface area contributed by atoms with Crippen molar-refractivity contribution < 1.29 is 14.3 Å². The minimum atomic E-state index is -0.578. The van der Waals surface area contributed by atoms with E-state index >= 15 is 0 Å². The van der Waals surface area contributed by atoms with Gasteiger partial charge in [0.15, 0.2) is 0 Å². The van der Waals surface area contributed by atoms with Crippen LogP contribution >= 0.6 is 22.6 Å². The van der Waals surface area contributed by atoms with Crippen LogP contribution in [-0.4, -0.2) is 13.1 Å². The van der Waals surface area contributed by atoms with Gasteiger partial charge in [-0.15, -0.1) is 0 Å². The SMILES string of the molecule is COC(=O)C1=C(C)OC(N)=C(C#N)[C@@H]1c1cccc(I)c1. The average Bonchev–Trinajstić information content (AvgIpc) is 2.45. The number of hydrogen-bond acceptors (Lipinski definition) is 5. The Kier molecular flexibility index (Phi) is 4.53. The maximum atomic E-state index is 12.1. The monoisotopic (exact) mass is 396 g/mol. The smallest absolute Gasteiger partial charge is 0.338 e. The first-order valence-corrected chi connectivity index (χ1v) is 7.19. The number of nitrogens with zero attached hydrogens (tertiary/aromatic N) is 1. The van der Waals surface area contributed by atoms with E-state index < -0.39 is 11.9 Å². The second-order valence-electron chi connectivity index (χ2n) is 4.44. The Morgan fingerprint density at radius 3 is 2.81 bits per heavy atom. The normalized spacial score (nSPS) is 18.1. The molecule has 1 atom stereocenters. The number of ether oxygens (including phenoxy) is 2. The lowest BCUT2D eigenvalue weighted by molar-refractivity contribution is -0.136. The molecule has 0 fully saturated rings. The number of carbonyl (C=O) groups is 1. The summed E-state index contributed by atoms with van der Waals surface area (Å²) in [6.07, 6.45) is 0. The molecule has 2 rings (SSSR count). The summed E-state index contributed by atoms with van der Waals surface area (Å²) in [5, 5.41) is 9.38. The van der Waals surface area contributed by atoms with Crippen LogP contribution in [0.4, 0.5) is 0 Å². The minimum Gasteiger partial charge on any atom is -0.466 e. The van der Waals surface area contributed by atoms with Crippen LogP contribution in [0.2, 0.25) is 0 Å². The van der Waals surface area contributed by atoms with Gasteiger partial charge >= 0.3 is 5.97 Å². The maximum absolute atomic E-state index is 12.1. The fraction of sp³-hybridized carbons (Fsp3) is 0.200. The van der Waals surface area contributed by atoms with Crippen molar-refractivity contribution >= 4 is 28.6 Å². The number of halogens is 1. The molecule has 0 amide bonds. The lowest BCUT2D eigenvalue weighted by Crippen LogP contribution is -2.25. The molecule has 1 aliphatic heterocycles. The summed E-state index contributed by atoms with van der Waals surface area (Å²) < 4.78 is 11.1. The predicted octanol–water partition coefficient (Wildman–Crippen LogP) is 2.55. The zero-order valence-corrected chi connectivity index (χ0v) is 13.7. The van der Waals surface area contributed by atoms with E-state index in [9.17, 15) is 10.1 Å². The Bertz CT molecular complexity index is 701. The number of allylic oxidation sites excluding steroid dienone is 2. The molecule has 0 saturated carbocycles. The molecule has 0 unspecified atom stereocenters. The Hall–Kier alpha value is -2.01.